The van der Waals surface area contributed by atoms with Gasteiger partial charge in [0.05, 0.1) is 11.1 Å². The van der Waals surface area contributed by atoms with Crippen LogP contribution in [0.15, 0.2) is 104 Å². The Balaban J connectivity index is 1.46. The maximum absolute atomic E-state index is 15.5. The van der Waals surface area contributed by atoms with Gasteiger partial charge in [-0.25, -0.2) is 0 Å². The largest absolute Gasteiger partial charge is 0.418 e. The smallest absolute Gasteiger partial charge is 0.339 e. The van der Waals surface area contributed by atoms with E-state index in [4.69, 9.17) is 0 Å². The molecule has 6 rings (SSSR count). The minimum Gasteiger partial charge on any atom is -0.339 e. The van der Waals surface area contributed by atoms with Crippen molar-refractivity contribution in [3.8, 4) is 22.3 Å². The van der Waals surface area contributed by atoms with Crippen LogP contribution in [-0.2, 0) is 31.5 Å². The van der Waals surface area contributed by atoms with Crippen LogP contribution in [-0.4, -0.2) is 95.6 Å². The molecule has 4 aromatic carbocycles. The number of nitrogens with zero attached hydrogens (tertiary/aromatic N) is 4. The molecule has 0 spiro atoms. The monoisotopic (exact) mass is 990 g/mol. The third kappa shape index (κ3) is 11.0. The summed E-state index contributed by atoms with van der Waals surface area (Å²) in [6.07, 6.45) is -5.33. The van der Waals surface area contributed by atoms with Gasteiger partial charge in [0.1, 0.15) is 0 Å². The van der Waals surface area contributed by atoms with E-state index in [2.05, 4.69) is 31.9 Å². The van der Waals surface area contributed by atoms with Gasteiger partial charge >= 0.3 is 12.4 Å². The Bertz CT molecular complexity index is 2240. The second-order valence-corrected chi connectivity index (χ2v) is 17.2. The van der Waals surface area contributed by atoms with Gasteiger partial charge in [0, 0.05) is 108 Å². The summed E-state index contributed by atoms with van der Waals surface area (Å²) in [6.45, 7) is 5.01. The highest BCUT2D eigenvalue weighted by Crippen LogP contribution is 2.51. The first-order valence-electron chi connectivity index (χ1n) is 18.9. The van der Waals surface area contributed by atoms with Crippen molar-refractivity contribution in [2.45, 2.75) is 36.0 Å². The Morgan fingerprint density at radius 3 is 1.20 bits per heavy atom. The van der Waals surface area contributed by atoms with Crippen LogP contribution in [0.4, 0.5) is 26.3 Å². The third-order valence-electron chi connectivity index (χ3n) is 10.3. The zero-order valence-electron chi connectivity index (χ0n) is 32.7. The van der Waals surface area contributed by atoms with Crippen LogP contribution in [0, 0.1) is 0 Å². The van der Waals surface area contributed by atoms with Gasteiger partial charge in [0.2, 0.25) is 23.6 Å². The van der Waals surface area contributed by atoms with Gasteiger partial charge in [0.25, 0.3) is 0 Å². The molecule has 320 valence electrons. The molecule has 0 bridgehead atoms. The Hall–Kier alpha value is -4.87. The second-order valence-electron chi connectivity index (χ2n) is 14.3. The number of hydrogen-bond donors (Lipinski definition) is 0. The molecule has 0 N–H and O–H groups in total. The van der Waals surface area contributed by atoms with Gasteiger partial charge in [-0.3, -0.25) is 19.2 Å². The molecular weight excluding hydrogens is 954 g/mol. The van der Waals surface area contributed by atoms with Crippen molar-refractivity contribution in [1.29, 1.82) is 0 Å². The number of amides is 4. The quantitative estimate of drug-likeness (QED) is 0.130. The first kappa shape index (κ1) is 45.7. The highest BCUT2D eigenvalue weighted by atomic mass is 79.9. The average Bonchev–Trinajstić information content (AvgIpc) is 3.21. The summed E-state index contributed by atoms with van der Waals surface area (Å²) in [4.78, 5) is 55.1. The van der Waals surface area contributed by atoms with Crippen molar-refractivity contribution in [2.24, 2.45) is 0 Å². The number of piperazine rings is 2. The molecule has 4 amide bonds. The fraction of sp³-hybridized carbons (Fsp3) is 0.273. The van der Waals surface area contributed by atoms with Crippen LogP contribution < -0.4 is 0 Å². The van der Waals surface area contributed by atoms with E-state index in [1.54, 1.807) is 21.9 Å². The fourth-order valence-electron chi connectivity index (χ4n) is 7.25. The highest BCUT2D eigenvalue weighted by molar-refractivity contribution is 9.10. The Morgan fingerprint density at radius 1 is 0.541 bits per heavy atom. The molecule has 0 saturated carbocycles. The lowest BCUT2D eigenvalue weighted by Crippen LogP contribution is -2.49. The lowest BCUT2D eigenvalue weighted by molar-refractivity contribution is -0.139. The van der Waals surface area contributed by atoms with Crippen molar-refractivity contribution in [3.63, 3.8) is 0 Å². The fourth-order valence-corrected chi connectivity index (χ4v) is 9.20. The summed E-state index contributed by atoms with van der Waals surface area (Å²) in [5.74, 6) is -1.22. The van der Waals surface area contributed by atoms with Gasteiger partial charge in [-0.05, 0) is 70.8 Å². The lowest BCUT2D eigenvalue weighted by Gasteiger charge is -2.33. The van der Waals surface area contributed by atoms with Crippen molar-refractivity contribution in [1.82, 2.24) is 19.6 Å². The van der Waals surface area contributed by atoms with Crippen LogP contribution in [0.5, 0.6) is 0 Å². The summed E-state index contributed by atoms with van der Waals surface area (Å²) in [5.41, 5.74) is -2.86. The molecule has 2 saturated heterocycles. The van der Waals surface area contributed by atoms with Crippen molar-refractivity contribution >= 4 is 79.4 Å². The minimum absolute atomic E-state index is 0.00391. The molecule has 8 nitrogen and oxygen atoms in total. The molecular formula is C44H38Br2F6N4O4S. The normalized spacial score (nSPS) is 15.2. The summed E-state index contributed by atoms with van der Waals surface area (Å²) < 4.78 is 93.9. The van der Waals surface area contributed by atoms with Gasteiger partial charge < -0.3 is 19.6 Å². The predicted octanol–water partition coefficient (Wildman–Crippen LogP) is 10.1. The van der Waals surface area contributed by atoms with Gasteiger partial charge in [-0.1, -0.05) is 80.0 Å². The molecule has 0 unspecified atom stereocenters. The Morgan fingerprint density at radius 2 is 0.885 bits per heavy atom. The minimum atomic E-state index is -5.08. The highest BCUT2D eigenvalue weighted by Gasteiger charge is 2.41. The summed E-state index contributed by atoms with van der Waals surface area (Å²) in [5, 5.41) is 0. The number of carbonyl (C=O) groups excluding carboxylic acids is 4. The van der Waals surface area contributed by atoms with Crippen LogP contribution >= 0.6 is 43.6 Å². The molecule has 61 heavy (non-hydrogen) atoms. The van der Waals surface area contributed by atoms with E-state index < -0.39 is 45.1 Å². The van der Waals surface area contributed by atoms with Crippen LogP contribution in [0.3, 0.4) is 0 Å². The molecule has 0 radical (unpaired) electrons. The standard InChI is InChI=1S/C44H38Br2F6N4O4S/c1-27(57)53-17-21-55(22-18-53)37(59)15-11-29-9-13-35(41(43(47,48)49)39(29)31-5-3-7-33(45)25-31)61-36-14-10-30(12-16-38(60)56-23-19-54(20-24-56)28(2)58)40(42(36)44(50,51)52)32-6-4-8-34(46)26-32/h3-16,25-26H,17-24H2,1-2H3/b15-11+,16-12+. The van der Waals surface area contributed by atoms with Crippen molar-refractivity contribution < 1.29 is 45.5 Å². The zero-order valence-corrected chi connectivity index (χ0v) is 36.7. The molecule has 0 aromatic heterocycles. The van der Waals surface area contributed by atoms with Crippen LogP contribution in [0.25, 0.3) is 34.4 Å². The molecule has 2 fully saturated rings. The van der Waals surface area contributed by atoms with Crippen LogP contribution in [0.2, 0.25) is 0 Å². The average molecular weight is 993 g/mol. The van der Waals surface area contributed by atoms with Crippen molar-refractivity contribution in [3.05, 3.63) is 116 Å². The van der Waals surface area contributed by atoms with E-state index in [1.807, 2.05) is 0 Å². The molecule has 0 aliphatic carbocycles. The van der Waals surface area contributed by atoms with E-state index in [9.17, 15) is 19.2 Å². The van der Waals surface area contributed by atoms with E-state index in [0.29, 0.717) is 46.9 Å². The number of rotatable bonds is 8. The molecule has 2 heterocycles. The maximum atomic E-state index is 15.5. The number of halogens is 8. The van der Waals surface area contributed by atoms with E-state index in [-0.39, 0.29) is 71.4 Å². The lowest BCUT2D eigenvalue weighted by atomic mass is 9.93. The summed E-state index contributed by atoms with van der Waals surface area (Å²) in [7, 11) is 0. The molecule has 4 aromatic rings. The summed E-state index contributed by atoms with van der Waals surface area (Å²) in [6, 6.07) is 17.0. The van der Waals surface area contributed by atoms with Gasteiger partial charge in [-0.2, -0.15) is 26.3 Å². The molecule has 2 aliphatic heterocycles. The van der Waals surface area contributed by atoms with Gasteiger partial charge in [-0.15, -0.1) is 0 Å². The summed E-state index contributed by atoms with van der Waals surface area (Å²) >= 11 is 6.95. The number of carbonyl (C=O) groups is 4. The van der Waals surface area contributed by atoms with E-state index in [1.165, 1.54) is 84.3 Å². The number of hydrogen-bond acceptors (Lipinski definition) is 5. The first-order chi connectivity index (χ1) is 28.8. The topological polar surface area (TPSA) is 81.2 Å². The SMILES string of the molecule is CC(=O)N1CCN(C(=O)/C=C/c2ccc(Sc3ccc(/C=C/C(=O)N4CCN(C(C)=O)CC4)c(-c4cccc(Br)c4)c3C(F)(F)F)c(C(F)(F)F)c2-c2cccc(Br)c2)CC1. The van der Waals surface area contributed by atoms with Crippen LogP contribution in [0.1, 0.15) is 36.1 Å². The van der Waals surface area contributed by atoms with E-state index in [0.717, 1.165) is 24.3 Å². The Labute approximate surface area is 369 Å². The molecule has 2 aliphatic rings. The molecule has 0 atom stereocenters. The maximum Gasteiger partial charge on any atom is 0.418 e. The number of benzene rings is 4. The second kappa shape index (κ2) is 19.0. The number of alkyl halides is 6. The third-order valence-corrected chi connectivity index (χ3v) is 12.4. The van der Waals surface area contributed by atoms with Gasteiger partial charge in [0.15, 0.2) is 0 Å². The molecule has 17 heteroatoms. The predicted molar refractivity (Wildman–Crippen MR) is 229 cm³/mol. The zero-order chi connectivity index (χ0) is 44.2. The first-order valence-corrected chi connectivity index (χ1v) is 21.3. The van der Waals surface area contributed by atoms with Crippen molar-refractivity contribution in [2.75, 3.05) is 52.4 Å². The van der Waals surface area contributed by atoms with E-state index >= 15 is 26.3 Å². The Kier molecular flexibility index (Phi) is 14.2.